The van der Waals surface area contributed by atoms with E-state index in [-0.39, 0.29) is 12.7 Å². The largest absolute Gasteiger partial charge is 0.497 e. The van der Waals surface area contributed by atoms with E-state index in [2.05, 4.69) is 5.32 Å². The number of carbonyl (C=O) groups is 1. The number of anilines is 1. The first-order valence-electron chi connectivity index (χ1n) is 7.35. The Morgan fingerprint density at radius 1 is 1.08 bits per heavy atom. The molecule has 2 aromatic rings. The summed E-state index contributed by atoms with van der Waals surface area (Å²) < 4.78 is 20.9. The second-order valence-electron chi connectivity index (χ2n) is 5.01. The molecule has 0 radical (unpaired) electrons. The van der Waals surface area contributed by atoms with Crippen molar-refractivity contribution in [2.24, 2.45) is 0 Å². The summed E-state index contributed by atoms with van der Waals surface area (Å²) in [5, 5.41) is 2.88. The molecule has 0 fully saturated rings. The van der Waals surface area contributed by atoms with Crippen molar-refractivity contribution in [1.29, 1.82) is 0 Å². The van der Waals surface area contributed by atoms with Gasteiger partial charge in [0.1, 0.15) is 5.75 Å². The van der Waals surface area contributed by atoms with Crippen LogP contribution in [0.2, 0.25) is 0 Å². The topological polar surface area (TPSA) is 66.0 Å². The standard InChI is InChI=1S/C18H21NO5/c1-12-15(8-9-16(23-4)17(12)24-11-21-2)19-18(20)13-6-5-7-14(10-13)22-3/h5-10H,11H2,1-4H3,(H,19,20). The van der Waals surface area contributed by atoms with Crippen LogP contribution in [0.15, 0.2) is 36.4 Å². The number of rotatable bonds is 7. The second-order valence-corrected chi connectivity index (χ2v) is 5.01. The van der Waals surface area contributed by atoms with Gasteiger partial charge in [-0.05, 0) is 37.3 Å². The van der Waals surface area contributed by atoms with E-state index >= 15 is 0 Å². The lowest BCUT2D eigenvalue weighted by atomic mass is 10.1. The number of nitrogens with one attached hydrogen (secondary N) is 1. The van der Waals surface area contributed by atoms with Gasteiger partial charge in [0.25, 0.3) is 5.91 Å². The molecule has 0 aromatic heterocycles. The van der Waals surface area contributed by atoms with Crippen molar-refractivity contribution in [2.45, 2.75) is 6.92 Å². The van der Waals surface area contributed by atoms with Crippen LogP contribution in [0.25, 0.3) is 0 Å². The Bertz CT molecular complexity index is 715. The molecule has 0 spiro atoms. The van der Waals surface area contributed by atoms with Crippen LogP contribution in [0.3, 0.4) is 0 Å². The van der Waals surface area contributed by atoms with Gasteiger partial charge in [0.15, 0.2) is 18.3 Å². The number of amides is 1. The van der Waals surface area contributed by atoms with Gasteiger partial charge in [0.2, 0.25) is 0 Å². The molecule has 0 aliphatic rings. The molecule has 6 heteroatoms. The number of carbonyl (C=O) groups excluding carboxylic acids is 1. The molecular weight excluding hydrogens is 310 g/mol. The van der Waals surface area contributed by atoms with Crippen LogP contribution in [0.4, 0.5) is 5.69 Å². The van der Waals surface area contributed by atoms with Crippen molar-refractivity contribution in [3.05, 3.63) is 47.5 Å². The monoisotopic (exact) mass is 331 g/mol. The summed E-state index contributed by atoms with van der Waals surface area (Å²) in [5.74, 6) is 1.49. The maximum atomic E-state index is 12.5. The first-order valence-corrected chi connectivity index (χ1v) is 7.35. The van der Waals surface area contributed by atoms with Gasteiger partial charge in [-0.2, -0.15) is 0 Å². The predicted molar refractivity (Wildman–Crippen MR) is 91.2 cm³/mol. The Morgan fingerprint density at radius 3 is 2.54 bits per heavy atom. The Labute approximate surface area is 141 Å². The molecule has 2 rings (SSSR count). The Balaban J connectivity index is 2.26. The lowest BCUT2D eigenvalue weighted by Crippen LogP contribution is -2.13. The molecule has 1 N–H and O–H groups in total. The fraction of sp³-hybridized carbons (Fsp3) is 0.278. The van der Waals surface area contributed by atoms with E-state index in [0.29, 0.717) is 28.5 Å². The van der Waals surface area contributed by atoms with Gasteiger partial charge >= 0.3 is 0 Å². The zero-order chi connectivity index (χ0) is 17.5. The summed E-state index contributed by atoms with van der Waals surface area (Å²) in [4.78, 5) is 12.5. The molecule has 128 valence electrons. The first-order chi connectivity index (χ1) is 11.6. The highest BCUT2D eigenvalue weighted by atomic mass is 16.7. The summed E-state index contributed by atoms with van der Waals surface area (Å²) in [6.45, 7) is 1.93. The lowest BCUT2D eigenvalue weighted by Gasteiger charge is -2.16. The summed E-state index contributed by atoms with van der Waals surface area (Å²) in [5.41, 5.74) is 1.89. The number of benzene rings is 2. The van der Waals surface area contributed by atoms with Crippen LogP contribution in [-0.4, -0.2) is 34.0 Å². The van der Waals surface area contributed by atoms with Crippen LogP contribution >= 0.6 is 0 Å². The van der Waals surface area contributed by atoms with Crippen molar-refractivity contribution in [1.82, 2.24) is 0 Å². The fourth-order valence-corrected chi connectivity index (χ4v) is 2.22. The Kier molecular flexibility index (Phi) is 6.03. The van der Waals surface area contributed by atoms with E-state index in [4.69, 9.17) is 18.9 Å². The van der Waals surface area contributed by atoms with E-state index in [1.54, 1.807) is 50.6 Å². The van der Waals surface area contributed by atoms with Crippen molar-refractivity contribution in [3.63, 3.8) is 0 Å². The van der Waals surface area contributed by atoms with Crippen molar-refractivity contribution < 1.29 is 23.7 Å². The molecule has 0 saturated carbocycles. The van der Waals surface area contributed by atoms with Crippen LogP contribution in [0.1, 0.15) is 15.9 Å². The van der Waals surface area contributed by atoms with Gasteiger partial charge in [-0.3, -0.25) is 4.79 Å². The number of ether oxygens (including phenoxy) is 4. The van der Waals surface area contributed by atoms with Crippen LogP contribution in [-0.2, 0) is 4.74 Å². The third-order valence-electron chi connectivity index (χ3n) is 3.49. The number of methoxy groups -OCH3 is 3. The average molecular weight is 331 g/mol. The minimum atomic E-state index is -0.236. The SMILES string of the molecule is COCOc1c(OC)ccc(NC(=O)c2cccc(OC)c2)c1C. The molecule has 6 nitrogen and oxygen atoms in total. The third kappa shape index (κ3) is 3.97. The predicted octanol–water partition coefficient (Wildman–Crippen LogP) is 3.25. The molecule has 0 aliphatic carbocycles. The van der Waals surface area contributed by atoms with Crippen molar-refractivity contribution in [2.75, 3.05) is 33.4 Å². The zero-order valence-electron chi connectivity index (χ0n) is 14.2. The molecule has 2 aromatic carbocycles. The smallest absolute Gasteiger partial charge is 0.255 e. The van der Waals surface area contributed by atoms with E-state index in [9.17, 15) is 4.79 Å². The number of hydrogen-bond donors (Lipinski definition) is 1. The van der Waals surface area contributed by atoms with Crippen LogP contribution in [0.5, 0.6) is 17.2 Å². The van der Waals surface area contributed by atoms with E-state index in [1.165, 1.54) is 7.11 Å². The minimum Gasteiger partial charge on any atom is -0.497 e. The highest BCUT2D eigenvalue weighted by molar-refractivity contribution is 6.05. The van der Waals surface area contributed by atoms with Gasteiger partial charge < -0.3 is 24.3 Å². The summed E-state index contributed by atoms with van der Waals surface area (Å²) in [6, 6.07) is 10.5. The molecule has 0 heterocycles. The van der Waals surface area contributed by atoms with Gasteiger partial charge in [-0.1, -0.05) is 6.07 Å². The van der Waals surface area contributed by atoms with Crippen LogP contribution < -0.4 is 19.5 Å². The molecule has 24 heavy (non-hydrogen) atoms. The lowest BCUT2D eigenvalue weighted by molar-refractivity contribution is 0.0487. The van der Waals surface area contributed by atoms with E-state index in [0.717, 1.165) is 5.56 Å². The number of hydrogen-bond acceptors (Lipinski definition) is 5. The zero-order valence-corrected chi connectivity index (χ0v) is 14.2. The molecule has 0 bridgehead atoms. The Morgan fingerprint density at radius 2 is 1.88 bits per heavy atom. The average Bonchev–Trinajstić information content (AvgIpc) is 2.62. The maximum absolute atomic E-state index is 12.5. The molecular formula is C18H21NO5. The molecule has 0 unspecified atom stereocenters. The third-order valence-corrected chi connectivity index (χ3v) is 3.49. The van der Waals surface area contributed by atoms with Crippen molar-refractivity contribution in [3.8, 4) is 17.2 Å². The maximum Gasteiger partial charge on any atom is 0.255 e. The first kappa shape index (κ1) is 17.6. The fourth-order valence-electron chi connectivity index (χ4n) is 2.22. The van der Waals surface area contributed by atoms with E-state index in [1.807, 2.05) is 6.92 Å². The minimum absolute atomic E-state index is 0.0878. The van der Waals surface area contributed by atoms with Gasteiger partial charge in [0, 0.05) is 23.9 Å². The summed E-state index contributed by atoms with van der Waals surface area (Å²) in [6.07, 6.45) is 0. The van der Waals surface area contributed by atoms with Gasteiger partial charge in [0.05, 0.1) is 14.2 Å². The highest BCUT2D eigenvalue weighted by Gasteiger charge is 2.15. The van der Waals surface area contributed by atoms with Gasteiger partial charge in [-0.15, -0.1) is 0 Å². The van der Waals surface area contributed by atoms with Crippen molar-refractivity contribution >= 4 is 11.6 Å². The normalized spacial score (nSPS) is 10.2. The second kappa shape index (κ2) is 8.21. The highest BCUT2D eigenvalue weighted by Crippen LogP contribution is 2.35. The summed E-state index contributed by atoms with van der Waals surface area (Å²) >= 11 is 0. The Hall–Kier alpha value is -2.73. The van der Waals surface area contributed by atoms with E-state index < -0.39 is 0 Å². The summed E-state index contributed by atoms with van der Waals surface area (Å²) in [7, 11) is 4.66. The quantitative estimate of drug-likeness (QED) is 0.789. The molecule has 0 aliphatic heterocycles. The molecule has 1 amide bonds. The molecule has 0 saturated heterocycles. The van der Waals surface area contributed by atoms with Crippen LogP contribution in [0, 0.1) is 6.92 Å². The molecule has 0 atom stereocenters. The van der Waals surface area contributed by atoms with Gasteiger partial charge in [-0.25, -0.2) is 0 Å².